The average Bonchev–Trinajstić information content (AvgIpc) is 2.48. The van der Waals surface area contributed by atoms with Crippen LogP contribution in [0.4, 0.5) is 0 Å². The van der Waals surface area contributed by atoms with E-state index in [4.69, 9.17) is 5.73 Å². The van der Waals surface area contributed by atoms with Crippen LogP contribution in [-0.2, 0) is 11.2 Å². The van der Waals surface area contributed by atoms with E-state index in [2.05, 4.69) is 5.32 Å². The number of nitrogens with one attached hydrogen (secondary N) is 1. The van der Waals surface area contributed by atoms with Crippen LogP contribution in [0, 0.1) is 5.92 Å². The Morgan fingerprint density at radius 3 is 2.67 bits per heavy atom. The smallest absolute Gasteiger partial charge is 0.308 e. The summed E-state index contributed by atoms with van der Waals surface area (Å²) in [6.45, 7) is 0.478. The van der Waals surface area contributed by atoms with Crippen LogP contribution >= 0.6 is 0 Å². The number of amides is 1. The Morgan fingerprint density at radius 1 is 1.24 bits per heavy atom. The molecular weight excluding hydrogens is 268 g/mol. The van der Waals surface area contributed by atoms with Crippen molar-refractivity contribution in [3.63, 3.8) is 0 Å². The van der Waals surface area contributed by atoms with Crippen LogP contribution in [-0.4, -0.2) is 29.6 Å². The summed E-state index contributed by atoms with van der Waals surface area (Å²) in [5.41, 5.74) is 7.06. The molecule has 5 heteroatoms. The molecule has 0 heterocycles. The Labute approximate surface area is 124 Å². The van der Waals surface area contributed by atoms with Gasteiger partial charge in [-0.3, -0.25) is 9.59 Å². The lowest BCUT2D eigenvalue weighted by molar-refractivity contribution is -0.143. The fourth-order valence-corrected chi connectivity index (χ4v) is 2.96. The van der Waals surface area contributed by atoms with Gasteiger partial charge in [0.1, 0.15) is 0 Å². The third kappa shape index (κ3) is 3.82. The third-order valence-corrected chi connectivity index (χ3v) is 4.08. The van der Waals surface area contributed by atoms with Crippen molar-refractivity contribution in [2.75, 3.05) is 6.54 Å². The van der Waals surface area contributed by atoms with Crippen molar-refractivity contribution in [1.82, 2.24) is 5.32 Å². The maximum Gasteiger partial charge on any atom is 0.308 e. The highest BCUT2D eigenvalue weighted by atomic mass is 16.4. The second-order valence-electron chi connectivity index (χ2n) is 5.50. The van der Waals surface area contributed by atoms with Crippen LogP contribution in [0.3, 0.4) is 0 Å². The first kappa shape index (κ1) is 15.5. The lowest BCUT2D eigenvalue weighted by atomic mass is 9.84. The predicted molar refractivity (Wildman–Crippen MR) is 80.0 cm³/mol. The molecule has 0 aliphatic heterocycles. The molecule has 21 heavy (non-hydrogen) atoms. The average molecular weight is 290 g/mol. The number of rotatable bonds is 5. The Bertz CT molecular complexity index is 516. The van der Waals surface area contributed by atoms with Gasteiger partial charge in [0.2, 0.25) is 0 Å². The standard InChI is InChI=1S/C16H22N2O3/c17-10-9-11-5-1-2-6-12(11)15(19)18-14-8-4-3-7-13(14)16(20)21/h1-2,5-6,13-14H,3-4,7-10,17H2,(H,18,19)(H,20,21). The highest BCUT2D eigenvalue weighted by Crippen LogP contribution is 2.25. The van der Waals surface area contributed by atoms with Crippen molar-refractivity contribution in [3.8, 4) is 0 Å². The third-order valence-electron chi connectivity index (χ3n) is 4.08. The first-order chi connectivity index (χ1) is 10.1. The summed E-state index contributed by atoms with van der Waals surface area (Å²) in [6.07, 6.45) is 3.86. The van der Waals surface area contributed by atoms with Gasteiger partial charge < -0.3 is 16.2 Å². The number of aliphatic carboxylic acids is 1. The van der Waals surface area contributed by atoms with Gasteiger partial charge in [-0.2, -0.15) is 0 Å². The highest BCUT2D eigenvalue weighted by Gasteiger charge is 2.32. The summed E-state index contributed by atoms with van der Waals surface area (Å²) in [5, 5.41) is 12.2. The van der Waals surface area contributed by atoms with E-state index in [9.17, 15) is 14.7 Å². The minimum Gasteiger partial charge on any atom is -0.481 e. The number of hydrogen-bond donors (Lipinski definition) is 3. The number of hydrogen-bond acceptors (Lipinski definition) is 3. The lowest BCUT2D eigenvalue weighted by Crippen LogP contribution is -2.45. The van der Waals surface area contributed by atoms with Crippen LogP contribution in [0.15, 0.2) is 24.3 Å². The van der Waals surface area contributed by atoms with Crippen molar-refractivity contribution in [2.45, 2.75) is 38.1 Å². The largest absolute Gasteiger partial charge is 0.481 e. The summed E-state index contributed by atoms with van der Waals surface area (Å²) in [5.74, 6) is -1.50. The lowest BCUT2D eigenvalue weighted by Gasteiger charge is -2.29. The molecule has 0 bridgehead atoms. The Kier molecular flexibility index (Phi) is 5.33. The van der Waals surface area contributed by atoms with E-state index in [0.717, 1.165) is 24.8 Å². The number of benzene rings is 1. The molecule has 1 amide bonds. The molecule has 0 saturated heterocycles. The number of carboxylic acid groups (broad SMARTS) is 1. The Hall–Kier alpha value is -1.88. The Morgan fingerprint density at radius 2 is 1.95 bits per heavy atom. The molecule has 114 valence electrons. The number of carbonyl (C=O) groups excluding carboxylic acids is 1. The van der Waals surface area contributed by atoms with Gasteiger partial charge in [-0.15, -0.1) is 0 Å². The van der Waals surface area contributed by atoms with Crippen molar-refractivity contribution < 1.29 is 14.7 Å². The van der Waals surface area contributed by atoms with Gasteiger partial charge in [0.25, 0.3) is 5.91 Å². The molecule has 2 atom stereocenters. The topological polar surface area (TPSA) is 92.4 Å². The second-order valence-corrected chi connectivity index (χ2v) is 5.50. The van der Waals surface area contributed by atoms with E-state index in [-0.39, 0.29) is 11.9 Å². The van der Waals surface area contributed by atoms with Gasteiger partial charge in [0, 0.05) is 11.6 Å². The number of nitrogens with two attached hydrogens (primary N) is 1. The molecule has 2 unspecified atom stereocenters. The molecular formula is C16H22N2O3. The highest BCUT2D eigenvalue weighted by molar-refractivity contribution is 5.96. The zero-order chi connectivity index (χ0) is 15.2. The van der Waals surface area contributed by atoms with E-state index >= 15 is 0 Å². The van der Waals surface area contributed by atoms with Gasteiger partial charge in [-0.1, -0.05) is 31.0 Å². The first-order valence-corrected chi connectivity index (χ1v) is 7.45. The van der Waals surface area contributed by atoms with Crippen molar-refractivity contribution in [2.24, 2.45) is 11.7 Å². The van der Waals surface area contributed by atoms with Gasteiger partial charge in [-0.25, -0.2) is 0 Å². The minimum atomic E-state index is -0.824. The predicted octanol–water partition coefficient (Wildman–Crippen LogP) is 1.56. The minimum absolute atomic E-state index is 0.197. The normalized spacial score (nSPS) is 21.8. The van der Waals surface area contributed by atoms with Crippen LogP contribution in [0.1, 0.15) is 41.6 Å². The SMILES string of the molecule is NCCc1ccccc1C(=O)NC1CCCCC1C(=O)O. The first-order valence-electron chi connectivity index (χ1n) is 7.45. The molecule has 1 fully saturated rings. The van der Waals surface area contributed by atoms with Crippen molar-refractivity contribution in [1.29, 1.82) is 0 Å². The second kappa shape index (κ2) is 7.22. The van der Waals surface area contributed by atoms with E-state index in [1.165, 1.54) is 0 Å². The quantitative estimate of drug-likeness (QED) is 0.767. The van der Waals surface area contributed by atoms with E-state index < -0.39 is 11.9 Å². The van der Waals surface area contributed by atoms with Gasteiger partial charge >= 0.3 is 5.97 Å². The van der Waals surface area contributed by atoms with Gasteiger partial charge in [0.15, 0.2) is 0 Å². The van der Waals surface area contributed by atoms with Crippen LogP contribution in [0.2, 0.25) is 0 Å². The number of carbonyl (C=O) groups is 2. The zero-order valence-corrected chi connectivity index (χ0v) is 12.0. The maximum absolute atomic E-state index is 12.4. The number of carboxylic acids is 1. The van der Waals surface area contributed by atoms with E-state index in [0.29, 0.717) is 24.9 Å². The molecule has 2 rings (SSSR count). The fourth-order valence-electron chi connectivity index (χ4n) is 2.96. The zero-order valence-electron chi connectivity index (χ0n) is 12.0. The Balaban J connectivity index is 2.11. The summed E-state index contributed by atoms with van der Waals surface area (Å²) in [4.78, 5) is 23.7. The molecule has 1 aliphatic rings. The van der Waals surface area contributed by atoms with Crippen LogP contribution in [0.25, 0.3) is 0 Å². The molecule has 0 radical (unpaired) electrons. The summed E-state index contributed by atoms with van der Waals surface area (Å²) >= 11 is 0. The molecule has 5 nitrogen and oxygen atoms in total. The van der Waals surface area contributed by atoms with Crippen LogP contribution < -0.4 is 11.1 Å². The summed E-state index contributed by atoms with van der Waals surface area (Å²) < 4.78 is 0. The monoisotopic (exact) mass is 290 g/mol. The van der Waals surface area contributed by atoms with Crippen LogP contribution in [0.5, 0.6) is 0 Å². The molecule has 1 saturated carbocycles. The fraction of sp³-hybridized carbons (Fsp3) is 0.500. The molecule has 4 N–H and O–H groups in total. The maximum atomic E-state index is 12.4. The molecule has 0 aromatic heterocycles. The van der Waals surface area contributed by atoms with Gasteiger partial charge in [0.05, 0.1) is 5.92 Å². The van der Waals surface area contributed by atoms with Gasteiger partial charge in [-0.05, 0) is 37.4 Å². The molecule has 1 aromatic carbocycles. The van der Waals surface area contributed by atoms with Crippen molar-refractivity contribution >= 4 is 11.9 Å². The molecule has 0 spiro atoms. The molecule has 1 aromatic rings. The van der Waals surface area contributed by atoms with E-state index in [1.807, 2.05) is 18.2 Å². The summed E-state index contributed by atoms with van der Waals surface area (Å²) in [6, 6.07) is 7.05. The van der Waals surface area contributed by atoms with Crippen molar-refractivity contribution in [3.05, 3.63) is 35.4 Å². The van der Waals surface area contributed by atoms with E-state index in [1.54, 1.807) is 6.07 Å². The molecule has 1 aliphatic carbocycles. The summed E-state index contributed by atoms with van der Waals surface area (Å²) in [7, 11) is 0.